The smallest absolute Gasteiger partial charge is 0.261 e. The van der Waals surface area contributed by atoms with Crippen molar-refractivity contribution in [3.05, 3.63) is 19.2 Å². The Bertz CT molecular complexity index is 399. The van der Waals surface area contributed by atoms with Gasteiger partial charge in [0.2, 0.25) is 0 Å². The van der Waals surface area contributed by atoms with Crippen molar-refractivity contribution in [3.63, 3.8) is 0 Å². The van der Waals surface area contributed by atoms with Gasteiger partial charge < -0.3 is 5.32 Å². The van der Waals surface area contributed by atoms with E-state index in [0.29, 0.717) is 12.0 Å². The zero-order valence-corrected chi connectivity index (χ0v) is 13.6. The van der Waals surface area contributed by atoms with Crippen LogP contribution in [0.4, 0.5) is 0 Å². The van der Waals surface area contributed by atoms with Crippen molar-refractivity contribution < 1.29 is 4.79 Å². The first kappa shape index (κ1) is 13.6. The first-order valence-electron chi connectivity index (χ1n) is 5.83. The lowest BCUT2D eigenvalue weighted by molar-refractivity contribution is 0.0914. The lowest BCUT2D eigenvalue weighted by atomic mass is 9.86. The van der Waals surface area contributed by atoms with Gasteiger partial charge in [0.25, 0.3) is 5.91 Å². The van der Waals surface area contributed by atoms with E-state index in [1.807, 2.05) is 6.07 Å². The molecular formula is C12H15Br2NOS. The minimum Gasteiger partial charge on any atom is -0.348 e. The number of nitrogens with one attached hydrogen (secondary N) is 1. The van der Waals surface area contributed by atoms with Crippen LogP contribution in [0.5, 0.6) is 0 Å². The summed E-state index contributed by atoms with van der Waals surface area (Å²) < 4.78 is 1.92. The van der Waals surface area contributed by atoms with E-state index in [1.54, 1.807) is 0 Å². The Morgan fingerprint density at radius 3 is 2.71 bits per heavy atom. The van der Waals surface area contributed by atoms with Crippen LogP contribution in [-0.2, 0) is 0 Å². The Labute approximate surface area is 122 Å². The number of carbonyl (C=O) groups excluding carboxylic acids is 1. The quantitative estimate of drug-likeness (QED) is 0.799. The van der Waals surface area contributed by atoms with E-state index in [2.05, 4.69) is 44.1 Å². The van der Waals surface area contributed by atoms with Gasteiger partial charge in [-0.3, -0.25) is 4.79 Å². The first-order valence-corrected chi connectivity index (χ1v) is 8.24. The second kappa shape index (κ2) is 5.85. The number of amides is 1. The van der Waals surface area contributed by atoms with Crippen LogP contribution in [-0.4, -0.2) is 11.9 Å². The van der Waals surface area contributed by atoms with Crippen molar-refractivity contribution >= 4 is 49.1 Å². The molecule has 2 rings (SSSR count). The lowest BCUT2D eigenvalue weighted by Gasteiger charge is -2.29. The van der Waals surface area contributed by atoms with Crippen LogP contribution in [0.3, 0.4) is 0 Å². The first-order chi connectivity index (χ1) is 8.08. The fourth-order valence-corrected chi connectivity index (χ4v) is 4.17. The third-order valence-corrected chi connectivity index (χ3v) is 6.55. The maximum atomic E-state index is 12.1. The second-order valence-electron chi connectivity index (χ2n) is 4.57. The van der Waals surface area contributed by atoms with E-state index in [-0.39, 0.29) is 5.91 Å². The molecule has 0 aliphatic heterocycles. The average Bonchev–Trinajstić information content (AvgIpc) is 2.63. The molecule has 1 aromatic rings. The molecule has 1 fully saturated rings. The Kier molecular flexibility index (Phi) is 4.66. The molecule has 5 heteroatoms. The molecule has 17 heavy (non-hydrogen) atoms. The summed E-state index contributed by atoms with van der Waals surface area (Å²) >= 11 is 8.29. The largest absolute Gasteiger partial charge is 0.348 e. The minimum absolute atomic E-state index is 0.0557. The number of halogens is 2. The van der Waals surface area contributed by atoms with Crippen LogP contribution in [0.2, 0.25) is 0 Å². The molecule has 2 atom stereocenters. The van der Waals surface area contributed by atoms with Gasteiger partial charge in [-0.25, -0.2) is 0 Å². The monoisotopic (exact) mass is 379 g/mol. The zero-order valence-electron chi connectivity index (χ0n) is 9.63. The van der Waals surface area contributed by atoms with Gasteiger partial charge in [0.15, 0.2) is 0 Å². The molecule has 1 aliphatic carbocycles. The van der Waals surface area contributed by atoms with Crippen molar-refractivity contribution in [2.45, 2.75) is 38.6 Å². The number of thiophene rings is 1. The summed E-state index contributed by atoms with van der Waals surface area (Å²) in [5.74, 6) is 0.652. The van der Waals surface area contributed by atoms with Crippen LogP contribution in [0.15, 0.2) is 14.3 Å². The second-order valence-corrected chi connectivity index (χ2v) is 7.80. The predicted molar refractivity (Wildman–Crippen MR) is 78.6 cm³/mol. The number of hydrogen-bond donors (Lipinski definition) is 1. The molecule has 1 saturated carbocycles. The highest BCUT2D eigenvalue weighted by Crippen LogP contribution is 2.32. The van der Waals surface area contributed by atoms with Crippen molar-refractivity contribution in [1.82, 2.24) is 5.32 Å². The van der Waals surface area contributed by atoms with Gasteiger partial charge in [-0.15, -0.1) is 11.3 Å². The van der Waals surface area contributed by atoms with E-state index < -0.39 is 0 Å². The molecule has 2 nitrogen and oxygen atoms in total. The molecule has 1 N–H and O–H groups in total. The molecule has 0 aromatic carbocycles. The summed E-state index contributed by atoms with van der Waals surface area (Å²) in [5.41, 5.74) is 0. The van der Waals surface area contributed by atoms with E-state index >= 15 is 0 Å². The molecule has 0 unspecified atom stereocenters. The molecule has 0 radical (unpaired) electrons. The van der Waals surface area contributed by atoms with Gasteiger partial charge in [0.1, 0.15) is 0 Å². The van der Waals surface area contributed by atoms with E-state index in [9.17, 15) is 4.79 Å². The number of rotatable bonds is 2. The Morgan fingerprint density at radius 1 is 1.41 bits per heavy atom. The maximum Gasteiger partial charge on any atom is 0.261 e. The normalized spacial score (nSPS) is 24.6. The summed E-state index contributed by atoms with van der Waals surface area (Å²) in [4.78, 5) is 12.8. The average molecular weight is 381 g/mol. The molecule has 0 spiro atoms. The van der Waals surface area contributed by atoms with Crippen molar-refractivity contribution in [1.29, 1.82) is 0 Å². The van der Waals surface area contributed by atoms with Gasteiger partial charge in [-0.2, -0.15) is 0 Å². The van der Waals surface area contributed by atoms with Crippen LogP contribution < -0.4 is 5.32 Å². The van der Waals surface area contributed by atoms with Gasteiger partial charge in [-0.05, 0) is 56.7 Å². The van der Waals surface area contributed by atoms with Crippen molar-refractivity contribution in [3.8, 4) is 0 Å². The third kappa shape index (κ3) is 3.32. The zero-order chi connectivity index (χ0) is 12.4. The van der Waals surface area contributed by atoms with Gasteiger partial charge in [0.05, 0.1) is 8.66 Å². The third-order valence-electron chi connectivity index (χ3n) is 3.30. The van der Waals surface area contributed by atoms with Crippen LogP contribution in [0.25, 0.3) is 0 Å². The van der Waals surface area contributed by atoms with Gasteiger partial charge in [0, 0.05) is 10.5 Å². The van der Waals surface area contributed by atoms with Gasteiger partial charge in [-0.1, -0.05) is 19.8 Å². The summed E-state index contributed by atoms with van der Waals surface area (Å²) in [6, 6.07) is 2.22. The number of hydrogen-bond acceptors (Lipinski definition) is 2. The molecule has 0 bridgehead atoms. The standard InChI is InChI=1S/C12H15Br2NOS/c1-7-4-2-3-5-9(7)15-12(16)10-6-8(13)11(14)17-10/h6-7,9H,2-5H2,1H3,(H,15,16)/t7-,9+/m1/s1. The van der Waals surface area contributed by atoms with Crippen molar-refractivity contribution in [2.24, 2.45) is 5.92 Å². The summed E-state index contributed by atoms with van der Waals surface area (Å²) in [5, 5.41) is 3.16. The SMILES string of the molecule is C[C@@H]1CCCC[C@@H]1NC(=O)c1cc(Br)c(Br)s1. The highest BCUT2D eigenvalue weighted by Gasteiger charge is 2.24. The summed E-state index contributed by atoms with van der Waals surface area (Å²) in [6.07, 6.45) is 4.86. The van der Waals surface area contributed by atoms with E-state index in [1.165, 1.54) is 30.6 Å². The molecule has 94 valence electrons. The molecule has 0 saturated heterocycles. The Morgan fingerprint density at radius 2 is 2.12 bits per heavy atom. The summed E-state index contributed by atoms with van der Waals surface area (Å²) in [6.45, 7) is 2.23. The molecular weight excluding hydrogens is 366 g/mol. The van der Waals surface area contributed by atoms with Crippen LogP contribution >= 0.6 is 43.2 Å². The fraction of sp³-hybridized carbons (Fsp3) is 0.583. The lowest BCUT2D eigenvalue weighted by Crippen LogP contribution is -2.40. The molecule has 1 aromatic heterocycles. The predicted octanol–water partition coefficient (Wildman–Crippen LogP) is 4.58. The Hall–Kier alpha value is 0.130. The Balaban J connectivity index is 2.01. The maximum absolute atomic E-state index is 12.1. The van der Waals surface area contributed by atoms with Crippen LogP contribution in [0.1, 0.15) is 42.3 Å². The summed E-state index contributed by atoms with van der Waals surface area (Å²) in [7, 11) is 0. The number of carbonyl (C=O) groups is 1. The van der Waals surface area contributed by atoms with E-state index in [4.69, 9.17) is 0 Å². The van der Waals surface area contributed by atoms with Crippen molar-refractivity contribution in [2.75, 3.05) is 0 Å². The highest BCUT2D eigenvalue weighted by molar-refractivity contribution is 9.13. The van der Waals surface area contributed by atoms with E-state index in [0.717, 1.165) is 19.6 Å². The molecule has 1 amide bonds. The fourth-order valence-electron chi connectivity index (χ4n) is 2.23. The molecule has 1 aliphatic rings. The topological polar surface area (TPSA) is 29.1 Å². The van der Waals surface area contributed by atoms with Crippen LogP contribution in [0, 0.1) is 5.92 Å². The molecule has 1 heterocycles. The van der Waals surface area contributed by atoms with Gasteiger partial charge >= 0.3 is 0 Å². The minimum atomic E-state index is 0.0557. The highest BCUT2D eigenvalue weighted by atomic mass is 79.9.